The number of anilines is 2. The first-order valence-electron chi connectivity index (χ1n) is 10.6. The van der Waals surface area contributed by atoms with Crippen LogP contribution < -0.4 is 20.3 Å². The van der Waals surface area contributed by atoms with Crippen LogP contribution >= 0.6 is 11.3 Å². The van der Waals surface area contributed by atoms with Crippen LogP contribution in [0.4, 0.5) is 10.8 Å². The fraction of sp³-hybridized carbons (Fsp3) is 0.455. The van der Waals surface area contributed by atoms with E-state index in [-0.39, 0.29) is 43.1 Å². The Labute approximate surface area is 186 Å². The molecule has 0 bridgehead atoms. The van der Waals surface area contributed by atoms with Crippen molar-refractivity contribution in [2.45, 2.75) is 51.5 Å². The first-order chi connectivity index (χ1) is 15.1. The van der Waals surface area contributed by atoms with E-state index >= 15 is 0 Å². The molecule has 2 N–H and O–H groups in total. The van der Waals surface area contributed by atoms with Gasteiger partial charge in [0.1, 0.15) is 12.3 Å². The van der Waals surface area contributed by atoms with Gasteiger partial charge in [-0.05, 0) is 31.9 Å². The number of aromatic nitrogens is 1. The summed E-state index contributed by atoms with van der Waals surface area (Å²) in [4.78, 5) is 43.3. The molecule has 0 atom stereocenters. The Hall–Kier alpha value is -2.94. The number of nitrogens with zero attached hydrogens (tertiary/aromatic N) is 2. The van der Waals surface area contributed by atoms with Crippen LogP contribution in [-0.2, 0) is 14.4 Å². The van der Waals surface area contributed by atoms with Crippen molar-refractivity contribution in [3.05, 3.63) is 35.8 Å². The molecule has 0 radical (unpaired) electrons. The molecule has 1 fully saturated rings. The van der Waals surface area contributed by atoms with Crippen LogP contribution in [0, 0.1) is 0 Å². The van der Waals surface area contributed by atoms with Crippen molar-refractivity contribution < 1.29 is 19.1 Å². The summed E-state index contributed by atoms with van der Waals surface area (Å²) in [5.74, 6) is -0.294. The molecule has 0 unspecified atom stereocenters. The summed E-state index contributed by atoms with van der Waals surface area (Å²) < 4.78 is 5.67. The number of amides is 3. The lowest BCUT2D eigenvalue weighted by atomic mass is 10.2. The number of hydrogen-bond donors (Lipinski definition) is 2. The monoisotopic (exact) mass is 444 g/mol. The van der Waals surface area contributed by atoms with Crippen LogP contribution in [0.1, 0.15) is 45.4 Å². The molecule has 1 aliphatic carbocycles. The van der Waals surface area contributed by atoms with E-state index < -0.39 is 0 Å². The highest BCUT2D eigenvalue weighted by Crippen LogP contribution is 2.29. The first-order valence-corrected chi connectivity index (χ1v) is 11.5. The molecule has 31 heavy (non-hydrogen) atoms. The minimum Gasteiger partial charge on any atom is -0.492 e. The van der Waals surface area contributed by atoms with Gasteiger partial charge in [0, 0.05) is 30.5 Å². The van der Waals surface area contributed by atoms with Crippen LogP contribution in [0.25, 0.3) is 0 Å². The summed E-state index contributed by atoms with van der Waals surface area (Å²) in [6.45, 7) is 2.18. The van der Waals surface area contributed by atoms with Gasteiger partial charge in [0.15, 0.2) is 5.13 Å². The molecule has 0 saturated heterocycles. The molecule has 1 aromatic carbocycles. The number of nitrogens with one attached hydrogen (secondary N) is 2. The van der Waals surface area contributed by atoms with E-state index in [1.807, 2.05) is 13.0 Å². The summed E-state index contributed by atoms with van der Waals surface area (Å²) in [6, 6.07) is 7.29. The van der Waals surface area contributed by atoms with E-state index in [1.165, 1.54) is 16.2 Å². The molecular weight excluding hydrogens is 416 g/mol. The molecule has 1 saturated carbocycles. The third kappa shape index (κ3) is 6.78. The number of rotatable bonds is 10. The predicted octanol–water partition coefficient (Wildman–Crippen LogP) is 3.35. The standard InChI is InChI=1S/C22H28N4O4S/c1-2-30-18-10-6-5-9-17(18)26(15-20(28)24-16-7-3-4-8-16)21(29)12-11-19(27)25-22-23-13-14-31-22/h5-6,9-10,13-14,16H,2-4,7-8,11-12,15H2,1H3,(H,24,28)(H,23,25,27). The summed E-state index contributed by atoms with van der Waals surface area (Å²) in [6.07, 6.45) is 5.70. The lowest BCUT2D eigenvalue weighted by Crippen LogP contribution is -2.44. The largest absolute Gasteiger partial charge is 0.492 e. The Morgan fingerprint density at radius 3 is 2.65 bits per heavy atom. The van der Waals surface area contributed by atoms with Crippen molar-refractivity contribution in [1.29, 1.82) is 0 Å². The van der Waals surface area contributed by atoms with Crippen LogP contribution in [0.3, 0.4) is 0 Å². The number of carbonyl (C=O) groups is 3. The first kappa shape index (κ1) is 22.7. The summed E-state index contributed by atoms with van der Waals surface area (Å²) in [5.41, 5.74) is 0.524. The lowest BCUT2D eigenvalue weighted by molar-refractivity contribution is -0.125. The van der Waals surface area contributed by atoms with Gasteiger partial charge >= 0.3 is 0 Å². The highest BCUT2D eigenvalue weighted by Gasteiger charge is 2.25. The average Bonchev–Trinajstić information content (AvgIpc) is 3.45. The Morgan fingerprint density at radius 2 is 1.94 bits per heavy atom. The maximum atomic E-state index is 13.1. The highest BCUT2D eigenvalue weighted by atomic mass is 32.1. The van der Waals surface area contributed by atoms with Gasteiger partial charge in [-0.2, -0.15) is 0 Å². The van der Waals surface area contributed by atoms with Gasteiger partial charge in [-0.1, -0.05) is 25.0 Å². The third-order valence-corrected chi connectivity index (χ3v) is 5.71. The zero-order chi connectivity index (χ0) is 22.1. The van der Waals surface area contributed by atoms with Crippen molar-refractivity contribution >= 4 is 39.9 Å². The van der Waals surface area contributed by atoms with Gasteiger partial charge in [0.05, 0.1) is 12.3 Å². The zero-order valence-corrected chi connectivity index (χ0v) is 18.5. The topological polar surface area (TPSA) is 101 Å². The van der Waals surface area contributed by atoms with E-state index in [1.54, 1.807) is 29.8 Å². The van der Waals surface area contributed by atoms with Crippen LogP contribution in [-0.4, -0.2) is 41.9 Å². The summed E-state index contributed by atoms with van der Waals surface area (Å²) >= 11 is 1.31. The van der Waals surface area contributed by atoms with Crippen LogP contribution in [0.5, 0.6) is 5.75 Å². The predicted molar refractivity (Wildman–Crippen MR) is 120 cm³/mol. The molecule has 3 amide bonds. The van der Waals surface area contributed by atoms with Crippen molar-refractivity contribution in [2.24, 2.45) is 0 Å². The SMILES string of the molecule is CCOc1ccccc1N(CC(=O)NC1CCCC1)C(=O)CCC(=O)Nc1nccs1. The molecule has 166 valence electrons. The Balaban J connectivity index is 1.68. The fourth-order valence-corrected chi connectivity index (χ4v) is 4.12. The second-order valence-electron chi connectivity index (χ2n) is 7.31. The Morgan fingerprint density at radius 1 is 1.16 bits per heavy atom. The third-order valence-electron chi connectivity index (χ3n) is 5.02. The number of benzene rings is 1. The minimum atomic E-state index is -0.317. The quantitative estimate of drug-likeness (QED) is 0.585. The minimum absolute atomic E-state index is 0.00401. The van der Waals surface area contributed by atoms with Crippen LogP contribution in [0.15, 0.2) is 35.8 Å². The number of carbonyl (C=O) groups excluding carboxylic acids is 3. The zero-order valence-electron chi connectivity index (χ0n) is 17.6. The maximum Gasteiger partial charge on any atom is 0.240 e. The number of para-hydroxylation sites is 2. The van der Waals surface area contributed by atoms with E-state index in [0.717, 1.165) is 25.7 Å². The number of hydrogen-bond acceptors (Lipinski definition) is 6. The van der Waals surface area contributed by atoms with Gasteiger partial charge < -0.3 is 15.4 Å². The van der Waals surface area contributed by atoms with Gasteiger partial charge in [0.2, 0.25) is 17.7 Å². The molecule has 0 aliphatic heterocycles. The molecule has 8 nitrogen and oxygen atoms in total. The molecule has 1 aromatic heterocycles. The maximum absolute atomic E-state index is 13.1. The molecule has 2 aromatic rings. The van der Waals surface area contributed by atoms with Gasteiger partial charge in [-0.3, -0.25) is 19.3 Å². The van der Waals surface area contributed by atoms with Crippen molar-refractivity contribution in [3.8, 4) is 5.75 Å². The van der Waals surface area contributed by atoms with Gasteiger partial charge in [-0.25, -0.2) is 4.98 Å². The fourth-order valence-electron chi connectivity index (χ4n) is 3.57. The molecule has 1 heterocycles. The number of thiazole rings is 1. The second-order valence-corrected chi connectivity index (χ2v) is 8.21. The van der Waals surface area contributed by atoms with E-state index in [0.29, 0.717) is 23.2 Å². The highest BCUT2D eigenvalue weighted by molar-refractivity contribution is 7.13. The second kappa shape index (κ2) is 11.5. The lowest BCUT2D eigenvalue weighted by Gasteiger charge is -2.25. The molecule has 0 spiro atoms. The van der Waals surface area contributed by atoms with Gasteiger partial charge in [0.25, 0.3) is 0 Å². The van der Waals surface area contributed by atoms with Crippen molar-refractivity contribution in [3.63, 3.8) is 0 Å². The Bertz CT molecular complexity index is 881. The van der Waals surface area contributed by atoms with Crippen molar-refractivity contribution in [1.82, 2.24) is 10.3 Å². The normalized spacial score (nSPS) is 13.6. The Kier molecular flexibility index (Phi) is 8.40. The summed E-state index contributed by atoms with van der Waals surface area (Å²) in [7, 11) is 0. The smallest absolute Gasteiger partial charge is 0.240 e. The number of ether oxygens (including phenoxy) is 1. The van der Waals surface area contributed by atoms with E-state index in [4.69, 9.17) is 4.74 Å². The molecular formula is C22H28N4O4S. The molecule has 1 aliphatic rings. The summed E-state index contributed by atoms with van der Waals surface area (Å²) in [5, 5.41) is 7.94. The average molecular weight is 445 g/mol. The van der Waals surface area contributed by atoms with E-state index in [2.05, 4.69) is 15.6 Å². The van der Waals surface area contributed by atoms with E-state index in [9.17, 15) is 14.4 Å². The van der Waals surface area contributed by atoms with Crippen LogP contribution in [0.2, 0.25) is 0 Å². The molecule has 9 heteroatoms. The molecule has 3 rings (SSSR count). The van der Waals surface area contributed by atoms with Crippen molar-refractivity contribution in [2.75, 3.05) is 23.4 Å². The van der Waals surface area contributed by atoms with Gasteiger partial charge in [-0.15, -0.1) is 11.3 Å².